The molecular weight excluding hydrogens is 316 g/mol. The van der Waals surface area contributed by atoms with E-state index in [0.29, 0.717) is 38.8 Å². The average Bonchev–Trinajstić information content (AvgIpc) is 3.30. The fourth-order valence-electron chi connectivity index (χ4n) is 3.36. The molecule has 1 aromatic rings. The zero-order valence-corrected chi connectivity index (χ0v) is 13.4. The predicted molar refractivity (Wildman–Crippen MR) is 83.8 cm³/mol. The van der Waals surface area contributed by atoms with E-state index in [1.807, 2.05) is 4.90 Å². The van der Waals surface area contributed by atoms with Gasteiger partial charge in [-0.2, -0.15) is 0 Å². The number of hydrogen-bond donors (Lipinski definition) is 2. The normalized spacial score (nSPS) is 20.6. The first kappa shape index (κ1) is 16.8. The third kappa shape index (κ3) is 3.56. The molecule has 1 aliphatic heterocycles. The third-order valence-electron chi connectivity index (χ3n) is 4.89. The SMILES string of the molecule is NC(=O)CN1CCC(C(=O)NC2(c3cc(F)ccc3F)CC2)CC1. The molecule has 1 aromatic carbocycles. The van der Waals surface area contributed by atoms with Crippen LogP contribution in [-0.2, 0) is 15.1 Å². The maximum atomic E-state index is 14.0. The molecule has 0 bridgehead atoms. The number of nitrogens with zero attached hydrogens (tertiary/aromatic N) is 1. The lowest BCUT2D eigenvalue weighted by Crippen LogP contribution is -2.45. The number of primary amides is 1. The fraction of sp³-hybridized carbons (Fsp3) is 0.529. The Labute approximate surface area is 139 Å². The van der Waals surface area contributed by atoms with E-state index in [0.717, 1.165) is 18.2 Å². The number of hydrogen-bond acceptors (Lipinski definition) is 3. The quantitative estimate of drug-likeness (QED) is 0.850. The van der Waals surface area contributed by atoms with Gasteiger partial charge in [0.1, 0.15) is 11.6 Å². The summed E-state index contributed by atoms with van der Waals surface area (Å²) in [6.45, 7) is 1.46. The Hall–Kier alpha value is -2.02. The highest BCUT2D eigenvalue weighted by atomic mass is 19.1. The first-order valence-corrected chi connectivity index (χ1v) is 8.18. The lowest BCUT2D eigenvalue weighted by atomic mass is 9.94. The van der Waals surface area contributed by atoms with E-state index < -0.39 is 17.2 Å². The fourth-order valence-corrected chi connectivity index (χ4v) is 3.36. The molecule has 0 spiro atoms. The molecule has 0 atom stereocenters. The largest absolute Gasteiger partial charge is 0.369 e. The van der Waals surface area contributed by atoms with Crippen LogP contribution in [0.3, 0.4) is 0 Å². The van der Waals surface area contributed by atoms with Gasteiger partial charge in [0.25, 0.3) is 0 Å². The van der Waals surface area contributed by atoms with Crippen LogP contribution in [0.5, 0.6) is 0 Å². The Morgan fingerprint density at radius 1 is 1.25 bits per heavy atom. The number of rotatable bonds is 5. The molecule has 5 nitrogen and oxygen atoms in total. The van der Waals surface area contributed by atoms with Crippen LogP contribution in [0.2, 0.25) is 0 Å². The zero-order valence-electron chi connectivity index (χ0n) is 13.4. The van der Waals surface area contributed by atoms with Crippen molar-refractivity contribution in [3.05, 3.63) is 35.4 Å². The van der Waals surface area contributed by atoms with Crippen LogP contribution in [-0.4, -0.2) is 36.3 Å². The summed E-state index contributed by atoms with van der Waals surface area (Å²) < 4.78 is 27.4. The Balaban J connectivity index is 1.61. The van der Waals surface area contributed by atoms with E-state index in [2.05, 4.69) is 5.32 Å². The van der Waals surface area contributed by atoms with E-state index in [-0.39, 0.29) is 29.8 Å². The van der Waals surface area contributed by atoms with Gasteiger partial charge in [0.05, 0.1) is 12.1 Å². The second kappa shape index (κ2) is 6.47. The summed E-state index contributed by atoms with van der Waals surface area (Å²) in [4.78, 5) is 25.4. The number of carbonyl (C=O) groups excluding carboxylic acids is 2. The highest BCUT2D eigenvalue weighted by Crippen LogP contribution is 2.47. The summed E-state index contributed by atoms with van der Waals surface area (Å²) in [6.07, 6.45) is 2.47. The molecule has 2 fully saturated rings. The second-order valence-electron chi connectivity index (χ2n) is 6.71. The van der Waals surface area contributed by atoms with Crippen molar-refractivity contribution in [2.45, 2.75) is 31.2 Å². The number of carbonyl (C=O) groups is 2. The molecule has 1 heterocycles. The van der Waals surface area contributed by atoms with E-state index in [9.17, 15) is 18.4 Å². The molecule has 3 rings (SSSR count). The van der Waals surface area contributed by atoms with Crippen molar-refractivity contribution in [1.82, 2.24) is 10.2 Å². The van der Waals surface area contributed by atoms with Crippen molar-refractivity contribution >= 4 is 11.8 Å². The number of likely N-dealkylation sites (tertiary alicyclic amines) is 1. The molecular formula is C17H21F2N3O2. The number of halogens is 2. The number of benzene rings is 1. The van der Waals surface area contributed by atoms with Crippen LogP contribution in [0.15, 0.2) is 18.2 Å². The van der Waals surface area contributed by atoms with Crippen LogP contribution < -0.4 is 11.1 Å². The van der Waals surface area contributed by atoms with Crippen molar-refractivity contribution in [1.29, 1.82) is 0 Å². The minimum Gasteiger partial charge on any atom is -0.369 e. The van der Waals surface area contributed by atoms with E-state index in [1.165, 1.54) is 0 Å². The lowest BCUT2D eigenvalue weighted by Gasteiger charge is -2.31. The first-order chi connectivity index (χ1) is 11.4. The third-order valence-corrected chi connectivity index (χ3v) is 4.89. The number of nitrogens with one attached hydrogen (secondary N) is 1. The molecule has 2 amide bonds. The number of nitrogens with two attached hydrogens (primary N) is 1. The topological polar surface area (TPSA) is 75.4 Å². The molecule has 1 saturated carbocycles. The van der Waals surface area contributed by atoms with Crippen LogP contribution in [0.4, 0.5) is 8.78 Å². The smallest absolute Gasteiger partial charge is 0.231 e. The molecule has 2 aliphatic rings. The molecule has 7 heteroatoms. The number of amides is 2. The molecule has 0 radical (unpaired) electrons. The number of piperidine rings is 1. The molecule has 24 heavy (non-hydrogen) atoms. The van der Waals surface area contributed by atoms with Crippen molar-refractivity contribution in [3.63, 3.8) is 0 Å². The summed E-state index contributed by atoms with van der Waals surface area (Å²) >= 11 is 0. The first-order valence-electron chi connectivity index (χ1n) is 8.18. The van der Waals surface area contributed by atoms with Crippen LogP contribution >= 0.6 is 0 Å². The average molecular weight is 337 g/mol. The van der Waals surface area contributed by atoms with Gasteiger partial charge in [0.15, 0.2) is 0 Å². The maximum Gasteiger partial charge on any atom is 0.231 e. The molecule has 1 saturated heterocycles. The van der Waals surface area contributed by atoms with Gasteiger partial charge in [-0.15, -0.1) is 0 Å². The highest BCUT2D eigenvalue weighted by Gasteiger charge is 2.48. The molecule has 3 N–H and O–H groups in total. The van der Waals surface area contributed by atoms with Gasteiger partial charge in [0, 0.05) is 11.5 Å². The molecule has 1 aliphatic carbocycles. The molecule has 0 unspecified atom stereocenters. The van der Waals surface area contributed by atoms with Gasteiger partial charge in [-0.3, -0.25) is 14.5 Å². The summed E-state index contributed by atoms with van der Waals surface area (Å²) in [5, 5.41) is 2.92. The molecule has 0 aromatic heterocycles. The second-order valence-corrected chi connectivity index (χ2v) is 6.71. The van der Waals surface area contributed by atoms with Crippen molar-refractivity contribution in [2.75, 3.05) is 19.6 Å². The van der Waals surface area contributed by atoms with Gasteiger partial charge in [-0.25, -0.2) is 8.78 Å². The van der Waals surface area contributed by atoms with Gasteiger partial charge < -0.3 is 11.1 Å². The Bertz CT molecular complexity index is 653. The predicted octanol–water partition coefficient (Wildman–Crippen LogP) is 1.27. The van der Waals surface area contributed by atoms with Gasteiger partial charge in [-0.05, 0) is 57.0 Å². The minimum absolute atomic E-state index is 0.130. The van der Waals surface area contributed by atoms with Crippen molar-refractivity contribution < 1.29 is 18.4 Å². The van der Waals surface area contributed by atoms with Gasteiger partial charge in [-0.1, -0.05) is 0 Å². The van der Waals surface area contributed by atoms with Gasteiger partial charge in [0.2, 0.25) is 11.8 Å². The minimum atomic E-state index is -0.770. The Kier molecular flexibility index (Phi) is 4.54. The van der Waals surface area contributed by atoms with Crippen LogP contribution in [0.1, 0.15) is 31.2 Å². The van der Waals surface area contributed by atoms with Gasteiger partial charge >= 0.3 is 0 Å². The Morgan fingerprint density at radius 3 is 2.50 bits per heavy atom. The standard InChI is InChI=1S/C17H21F2N3O2/c18-12-1-2-14(19)13(9-12)17(5-6-17)21-16(24)11-3-7-22(8-4-11)10-15(20)23/h1-2,9,11H,3-8,10H2,(H2,20,23)(H,21,24). The maximum absolute atomic E-state index is 14.0. The monoisotopic (exact) mass is 337 g/mol. The van der Waals surface area contributed by atoms with E-state index in [4.69, 9.17) is 5.73 Å². The van der Waals surface area contributed by atoms with Crippen LogP contribution in [0.25, 0.3) is 0 Å². The van der Waals surface area contributed by atoms with E-state index >= 15 is 0 Å². The van der Waals surface area contributed by atoms with Crippen molar-refractivity contribution in [3.8, 4) is 0 Å². The summed E-state index contributed by atoms with van der Waals surface area (Å²) in [7, 11) is 0. The van der Waals surface area contributed by atoms with Crippen LogP contribution in [0, 0.1) is 17.6 Å². The summed E-state index contributed by atoms with van der Waals surface area (Å²) in [5.41, 5.74) is 4.63. The summed E-state index contributed by atoms with van der Waals surface area (Å²) in [5.74, 6) is -1.69. The molecule has 130 valence electrons. The summed E-state index contributed by atoms with van der Waals surface area (Å²) in [6, 6.07) is 3.34. The zero-order chi connectivity index (χ0) is 17.3. The Morgan fingerprint density at radius 2 is 1.92 bits per heavy atom. The van der Waals surface area contributed by atoms with E-state index in [1.54, 1.807) is 0 Å². The lowest BCUT2D eigenvalue weighted by molar-refractivity contribution is -0.127. The highest BCUT2D eigenvalue weighted by molar-refractivity contribution is 5.80. The van der Waals surface area contributed by atoms with Crippen molar-refractivity contribution in [2.24, 2.45) is 11.7 Å².